The molecule has 3 rings (SSSR count). The number of ether oxygens (including phenoxy) is 2. The van der Waals surface area contributed by atoms with E-state index in [-0.39, 0.29) is 30.9 Å². The van der Waals surface area contributed by atoms with Gasteiger partial charge < -0.3 is 19.5 Å². The van der Waals surface area contributed by atoms with Crippen molar-refractivity contribution in [3.8, 4) is 11.5 Å². The first-order valence-electron chi connectivity index (χ1n) is 9.31. The van der Waals surface area contributed by atoms with Crippen LogP contribution >= 0.6 is 0 Å². The van der Waals surface area contributed by atoms with Gasteiger partial charge in [0, 0.05) is 31.1 Å². The fourth-order valence-corrected chi connectivity index (χ4v) is 3.41. The van der Waals surface area contributed by atoms with E-state index in [0.717, 1.165) is 24.3 Å². The molecule has 2 atom stereocenters. The third-order valence-electron chi connectivity index (χ3n) is 4.90. The predicted molar refractivity (Wildman–Crippen MR) is 102 cm³/mol. The number of carboxylic acids is 1. The lowest BCUT2D eigenvalue weighted by molar-refractivity contribution is -0.384. The van der Waals surface area contributed by atoms with Crippen molar-refractivity contribution in [3.05, 3.63) is 64.2 Å². The number of hydrogen-bond donors (Lipinski definition) is 1. The van der Waals surface area contributed by atoms with Gasteiger partial charge >= 0.3 is 18.4 Å². The average Bonchev–Trinajstić information content (AvgIpc) is 2.73. The zero-order valence-corrected chi connectivity index (χ0v) is 16.3. The SMILES string of the molecule is O=C(O)C1CC(c2ccc(OC(F)(F)F)cc2)CN(C(=O)Oc2ccc([N+](=O)[O-])cc2)C1. The van der Waals surface area contributed by atoms with Gasteiger partial charge in [-0.3, -0.25) is 14.9 Å². The number of likely N-dealkylation sites (tertiary alicyclic amines) is 1. The average molecular weight is 454 g/mol. The van der Waals surface area contributed by atoms with Gasteiger partial charge in [0.15, 0.2) is 0 Å². The second kappa shape index (κ2) is 9.12. The number of nitrogens with zero attached hydrogens (tertiary/aromatic N) is 2. The second-order valence-corrected chi connectivity index (χ2v) is 7.11. The first-order chi connectivity index (χ1) is 15.0. The van der Waals surface area contributed by atoms with Gasteiger partial charge in [-0.1, -0.05) is 12.1 Å². The molecule has 2 aromatic carbocycles. The van der Waals surface area contributed by atoms with E-state index < -0.39 is 40.9 Å². The van der Waals surface area contributed by atoms with Gasteiger partial charge in [-0.25, -0.2) is 4.79 Å². The zero-order valence-electron chi connectivity index (χ0n) is 16.3. The number of aliphatic carboxylic acids is 1. The number of carbonyl (C=O) groups excluding carboxylic acids is 1. The summed E-state index contributed by atoms with van der Waals surface area (Å²) in [4.78, 5) is 35.4. The van der Waals surface area contributed by atoms with Crippen molar-refractivity contribution < 1.29 is 42.3 Å². The van der Waals surface area contributed by atoms with Crippen LogP contribution in [0.15, 0.2) is 48.5 Å². The highest BCUT2D eigenvalue weighted by Gasteiger charge is 2.36. The maximum atomic E-state index is 12.6. The Labute approximate surface area is 179 Å². The standard InChI is InChI=1S/C20H17F3N2O7/c21-20(22,23)32-17-5-1-12(2-6-17)13-9-14(18(26)27)11-24(10-13)19(28)31-16-7-3-15(4-8-16)25(29)30/h1-8,13-14H,9-11H2,(H,26,27). The Balaban J connectivity index is 1.73. The van der Waals surface area contributed by atoms with Crippen LogP contribution in [0.2, 0.25) is 0 Å². The fourth-order valence-electron chi connectivity index (χ4n) is 3.41. The van der Waals surface area contributed by atoms with Crippen molar-refractivity contribution in [3.63, 3.8) is 0 Å². The number of halogens is 3. The highest BCUT2D eigenvalue weighted by molar-refractivity contribution is 5.75. The molecule has 9 nitrogen and oxygen atoms in total. The van der Waals surface area contributed by atoms with E-state index in [1.807, 2.05) is 0 Å². The Kier molecular flexibility index (Phi) is 6.51. The third-order valence-corrected chi connectivity index (χ3v) is 4.90. The molecule has 0 spiro atoms. The van der Waals surface area contributed by atoms with E-state index in [1.165, 1.54) is 29.2 Å². The number of benzene rings is 2. The monoisotopic (exact) mass is 454 g/mol. The molecule has 32 heavy (non-hydrogen) atoms. The van der Waals surface area contributed by atoms with Gasteiger partial charge in [-0.15, -0.1) is 13.2 Å². The van der Waals surface area contributed by atoms with Gasteiger partial charge in [0.2, 0.25) is 0 Å². The van der Waals surface area contributed by atoms with E-state index in [1.54, 1.807) is 0 Å². The molecule has 1 heterocycles. The molecule has 12 heteroatoms. The highest BCUT2D eigenvalue weighted by Crippen LogP contribution is 2.33. The van der Waals surface area contributed by atoms with Gasteiger partial charge in [-0.2, -0.15) is 0 Å². The number of carbonyl (C=O) groups is 2. The number of nitro groups is 1. The van der Waals surface area contributed by atoms with Crippen LogP contribution in [0.1, 0.15) is 17.9 Å². The van der Waals surface area contributed by atoms with Gasteiger partial charge in [0.1, 0.15) is 11.5 Å². The quantitative estimate of drug-likeness (QED) is 0.532. The number of alkyl halides is 3. The van der Waals surface area contributed by atoms with E-state index in [4.69, 9.17) is 4.74 Å². The Morgan fingerprint density at radius 2 is 1.62 bits per heavy atom. The number of rotatable bonds is 5. The van der Waals surface area contributed by atoms with Crippen LogP contribution in [0.5, 0.6) is 11.5 Å². The van der Waals surface area contributed by atoms with Crippen LogP contribution in [0.4, 0.5) is 23.7 Å². The maximum absolute atomic E-state index is 12.6. The summed E-state index contributed by atoms with van der Waals surface area (Å²) in [5, 5.41) is 20.2. The lowest BCUT2D eigenvalue weighted by atomic mass is 9.84. The first-order valence-corrected chi connectivity index (χ1v) is 9.31. The zero-order chi connectivity index (χ0) is 23.5. The fraction of sp³-hybridized carbons (Fsp3) is 0.300. The molecular formula is C20H17F3N2O7. The smallest absolute Gasteiger partial charge is 0.481 e. The molecule has 0 aromatic heterocycles. The normalized spacial score (nSPS) is 18.7. The highest BCUT2D eigenvalue weighted by atomic mass is 19.4. The number of nitro benzene ring substituents is 1. The van der Waals surface area contributed by atoms with E-state index in [0.29, 0.717) is 5.56 Å². The van der Waals surface area contributed by atoms with Gasteiger partial charge in [0.05, 0.1) is 10.8 Å². The van der Waals surface area contributed by atoms with Crippen molar-refractivity contribution in [2.75, 3.05) is 13.1 Å². The topological polar surface area (TPSA) is 119 Å². The Morgan fingerprint density at radius 3 is 2.16 bits per heavy atom. The van der Waals surface area contributed by atoms with Crippen LogP contribution in [0.3, 0.4) is 0 Å². The molecule has 170 valence electrons. The molecule has 1 aliphatic rings. The Hall–Kier alpha value is -3.83. The molecule has 1 amide bonds. The number of non-ortho nitro benzene ring substituents is 1. The largest absolute Gasteiger partial charge is 0.573 e. The molecule has 0 aliphatic carbocycles. The third kappa shape index (κ3) is 5.86. The maximum Gasteiger partial charge on any atom is 0.573 e. The molecule has 2 unspecified atom stereocenters. The van der Waals surface area contributed by atoms with Crippen LogP contribution in [0, 0.1) is 16.0 Å². The van der Waals surface area contributed by atoms with Crippen molar-refractivity contribution in [2.45, 2.75) is 18.7 Å². The minimum atomic E-state index is -4.83. The lowest BCUT2D eigenvalue weighted by Gasteiger charge is -2.35. The second-order valence-electron chi connectivity index (χ2n) is 7.11. The van der Waals surface area contributed by atoms with Crippen molar-refractivity contribution in [1.82, 2.24) is 4.90 Å². The number of amides is 1. The Bertz CT molecular complexity index is 994. The van der Waals surface area contributed by atoms with Crippen LogP contribution in [-0.2, 0) is 4.79 Å². The molecule has 1 fully saturated rings. The molecule has 2 aromatic rings. The number of hydrogen-bond acceptors (Lipinski definition) is 6. The summed E-state index contributed by atoms with van der Waals surface area (Å²) in [6.07, 6.45) is -5.50. The molecule has 0 saturated carbocycles. The molecule has 1 saturated heterocycles. The van der Waals surface area contributed by atoms with Crippen molar-refractivity contribution in [1.29, 1.82) is 0 Å². The molecular weight excluding hydrogens is 437 g/mol. The molecule has 1 N–H and O–H groups in total. The lowest BCUT2D eigenvalue weighted by Crippen LogP contribution is -2.46. The number of piperidine rings is 1. The van der Waals surface area contributed by atoms with Crippen LogP contribution < -0.4 is 9.47 Å². The van der Waals surface area contributed by atoms with Crippen molar-refractivity contribution in [2.24, 2.45) is 5.92 Å². The summed E-state index contributed by atoms with van der Waals surface area (Å²) in [6, 6.07) is 9.81. The van der Waals surface area contributed by atoms with Crippen LogP contribution in [0.25, 0.3) is 0 Å². The summed E-state index contributed by atoms with van der Waals surface area (Å²) >= 11 is 0. The summed E-state index contributed by atoms with van der Waals surface area (Å²) < 4.78 is 46.0. The summed E-state index contributed by atoms with van der Waals surface area (Å²) in [6.45, 7) is -0.0397. The summed E-state index contributed by atoms with van der Waals surface area (Å²) in [5.74, 6) is -2.87. The van der Waals surface area contributed by atoms with Crippen LogP contribution in [-0.4, -0.2) is 46.4 Å². The molecule has 0 radical (unpaired) electrons. The summed E-state index contributed by atoms with van der Waals surface area (Å²) in [5.41, 5.74) is 0.352. The van der Waals surface area contributed by atoms with E-state index in [9.17, 15) is 38.0 Å². The first kappa shape index (κ1) is 22.8. The minimum absolute atomic E-state index is 0.0447. The van der Waals surface area contributed by atoms with Gasteiger partial charge in [0.25, 0.3) is 5.69 Å². The summed E-state index contributed by atoms with van der Waals surface area (Å²) in [7, 11) is 0. The number of carboxylic acid groups (broad SMARTS) is 1. The minimum Gasteiger partial charge on any atom is -0.481 e. The van der Waals surface area contributed by atoms with Gasteiger partial charge in [-0.05, 0) is 36.2 Å². The van der Waals surface area contributed by atoms with Crippen molar-refractivity contribution >= 4 is 17.7 Å². The van der Waals surface area contributed by atoms with E-state index >= 15 is 0 Å². The predicted octanol–water partition coefficient (Wildman–Crippen LogP) is 4.18. The Morgan fingerprint density at radius 1 is 1.03 bits per heavy atom. The molecule has 0 bridgehead atoms. The molecule has 1 aliphatic heterocycles. The van der Waals surface area contributed by atoms with E-state index in [2.05, 4.69) is 4.74 Å².